The number of pyridine rings is 1. The lowest BCUT2D eigenvalue weighted by atomic mass is 10.3. The zero-order valence-electron chi connectivity index (χ0n) is 10.8. The van der Waals surface area contributed by atoms with Gasteiger partial charge in [-0.2, -0.15) is 5.26 Å². The van der Waals surface area contributed by atoms with Crippen LogP contribution in [0.5, 0.6) is 0 Å². The predicted octanol–water partition coefficient (Wildman–Crippen LogP) is 0.239. The quantitative estimate of drug-likeness (QED) is 0.751. The van der Waals surface area contributed by atoms with Gasteiger partial charge in [-0.05, 0) is 19.1 Å². The van der Waals surface area contributed by atoms with Gasteiger partial charge in [-0.25, -0.2) is 18.1 Å². The molecule has 0 aliphatic carbocycles. The van der Waals surface area contributed by atoms with Gasteiger partial charge in [0.05, 0.1) is 6.04 Å². The molecule has 19 heavy (non-hydrogen) atoms. The molecule has 104 valence electrons. The van der Waals surface area contributed by atoms with E-state index >= 15 is 0 Å². The van der Waals surface area contributed by atoms with Crippen molar-refractivity contribution in [3.8, 4) is 6.07 Å². The summed E-state index contributed by atoms with van der Waals surface area (Å²) in [4.78, 5) is 3.54. The molecule has 0 aliphatic heterocycles. The number of ether oxygens (including phenoxy) is 2. The second-order valence-corrected chi connectivity index (χ2v) is 5.39. The lowest BCUT2D eigenvalue weighted by molar-refractivity contribution is -0.115. The van der Waals surface area contributed by atoms with Crippen molar-refractivity contribution in [1.29, 1.82) is 5.26 Å². The standard InChI is InChI=1S/C11H15N3O4S/c1-8(11(17-2)18-3)14-19(15,16)10-5-4-6-13-9(10)7-12/h4-6,8,11,14H,1-3H3. The molecule has 0 fully saturated rings. The lowest BCUT2D eigenvalue weighted by Crippen LogP contribution is -2.43. The Morgan fingerprint density at radius 2 is 2.05 bits per heavy atom. The predicted molar refractivity (Wildman–Crippen MR) is 66.5 cm³/mol. The first-order valence-corrected chi connectivity index (χ1v) is 6.87. The summed E-state index contributed by atoms with van der Waals surface area (Å²) >= 11 is 0. The molecule has 0 saturated heterocycles. The van der Waals surface area contributed by atoms with Crippen molar-refractivity contribution in [2.24, 2.45) is 0 Å². The van der Waals surface area contributed by atoms with E-state index in [2.05, 4.69) is 9.71 Å². The summed E-state index contributed by atoms with van der Waals surface area (Å²) in [5.41, 5.74) is -0.159. The molecule has 0 saturated carbocycles. The van der Waals surface area contributed by atoms with Crippen LogP contribution in [0.25, 0.3) is 0 Å². The average Bonchev–Trinajstić information content (AvgIpc) is 2.39. The fourth-order valence-electron chi connectivity index (χ4n) is 1.56. The van der Waals surface area contributed by atoms with Gasteiger partial charge in [0.25, 0.3) is 0 Å². The van der Waals surface area contributed by atoms with Crippen molar-refractivity contribution in [3.05, 3.63) is 24.0 Å². The maximum Gasteiger partial charge on any atom is 0.243 e. The Bertz CT molecular complexity index is 564. The van der Waals surface area contributed by atoms with Crippen LogP contribution >= 0.6 is 0 Å². The summed E-state index contributed by atoms with van der Waals surface area (Å²) in [6, 6.07) is 3.88. The summed E-state index contributed by atoms with van der Waals surface area (Å²) in [6.45, 7) is 1.59. The van der Waals surface area contributed by atoms with E-state index in [4.69, 9.17) is 14.7 Å². The zero-order valence-corrected chi connectivity index (χ0v) is 11.6. The van der Waals surface area contributed by atoms with Crippen molar-refractivity contribution >= 4 is 10.0 Å². The molecular weight excluding hydrogens is 270 g/mol. The zero-order chi connectivity index (χ0) is 14.5. The third kappa shape index (κ3) is 3.71. The van der Waals surface area contributed by atoms with Gasteiger partial charge >= 0.3 is 0 Å². The van der Waals surface area contributed by atoms with E-state index in [1.54, 1.807) is 13.0 Å². The lowest BCUT2D eigenvalue weighted by Gasteiger charge is -2.22. The smallest absolute Gasteiger partial charge is 0.243 e. The van der Waals surface area contributed by atoms with Gasteiger partial charge in [0.1, 0.15) is 11.0 Å². The van der Waals surface area contributed by atoms with Gasteiger partial charge in [-0.1, -0.05) is 0 Å². The fraction of sp³-hybridized carbons (Fsp3) is 0.455. The number of sulfonamides is 1. The molecule has 1 rings (SSSR count). The van der Waals surface area contributed by atoms with E-state index in [9.17, 15) is 8.42 Å². The third-order valence-corrected chi connectivity index (χ3v) is 3.97. The molecule has 0 amide bonds. The summed E-state index contributed by atoms with van der Waals surface area (Å²) in [7, 11) is -1.05. The second kappa shape index (κ2) is 6.58. The highest BCUT2D eigenvalue weighted by molar-refractivity contribution is 7.89. The normalized spacial score (nSPS) is 13.2. The molecule has 1 unspecified atom stereocenters. The van der Waals surface area contributed by atoms with Crippen molar-refractivity contribution < 1.29 is 17.9 Å². The summed E-state index contributed by atoms with van der Waals surface area (Å²) in [5.74, 6) is 0. The number of nitrogens with zero attached hydrogens (tertiary/aromatic N) is 2. The maximum atomic E-state index is 12.1. The van der Waals surface area contributed by atoms with E-state index in [-0.39, 0.29) is 10.6 Å². The Balaban J connectivity index is 3.03. The molecule has 8 heteroatoms. The molecule has 0 aromatic carbocycles. The van der Waals surface area contributed by atoms with Gasteiger partial charge in [-0.15, -0.1) is 0 Å². The number of methoxy groups -OCH3 is 2. The van der Waals surface area contributed by atoms with Crippen LogP contribution in [0.2, 0.25) is 0 Å². The highest BCUT2D eigenvalue weighted by atomic mass is 32.2. The summed E-state index contributed by atoms with van der Waals surface area (Å²) in [5, 5.41) is 8.86. The molecule has 1 aromatic heterocycles. The topological polar surface area (TPSA) is 101 Å². The second-order valence-electron chi connectivity index (χ2n) is 3.71. The minimum atomic E-state index is -3.86. The minimum Gasteiger partial charge on any atom is -0.354 e. The highest BCUT2D eigenvalue weighted by Gasteiger charge is 2.25. The number of hydrogen-bond acceptors (Lipinski definition) is 6. The molecule has 1 aromatic rings. The van der Waals surface area contributed by atoms with E-state index < -0.39 is 22.4 Å². The Hall–Kier alpha value is -1.53. The molecule has 7 nitrogen and oxygen atoms in total. The number of rotatable bonds is 6. The van der Waals surface area contributed by atoms with Gasteiger partial charge in [-0.3, -0.25) is 0 Å². The van der Waals surface area contributed by atoms with Crippen molar-refractivity contribution in [2.75, 3.05) is 14.2 Å². The number of nitriles is 1. The molecular formula is C11H15N3O4S. The molecule has 1 atom stereocenters. The highest BCUT2D eigenvalue weighted by Crippen LogP contribution is 2.13. The van der Waals surface area contributed by atoms with Gasteiger partial charge in [0.15, 0.2) is 12.0 Å². The SMILES string of the molecule is COC(OC)C(C)NS(=O)(=O)c1cccnc1C#N. The third-order valence-electron chi connectivity index (χ3n) is 2.38. The van der Waals surface area contributed by atoms with Crippen LogP contribution in [0.4, 0.5) is 0 Å². The molecule has 1 N–H and O–H groups in total. The summed E-state index contributed by atoms with van der Waals surface area (Å²) in [6.07, 6.45) is 0.630. The first-order valence-electron chi connectivity index (χ1n) is 5.39. The largest absolute Gasteiger partial charge is 0.354 e. The monoisotopic (exact) mass is 285 g/mol. The summed E-state index contributed by atoms with van der Waals surface area (Å²) < 4.78 is 36.6. The van der Waals surface area contributed by atoms with Gasteiger partial charge in [0, 0.05) is 20.4 Å². The molecule has 0 spiro atoms. The number of aromatic nitrogens is 1. The van der Waals surface area contributed by atoms with E-state index in [1.807, 2.05) is 0 Å². The van der Waals surface area contributed by atoms with Crippen LogP contribution in [-0.2, 0) is 19.5 Å². The van der Waals surface area contributed by atoms with Crippen LogP contribution in [0.15, 0.2) is 23.2 Å². The number of hydrogen-bond donors (Lipinski definition) is 1. The van der Waals surface area contributed by atoms with Crippen LogP contribution in [0.3, 0.4) is 0 Å². The van der Waals surface area contributed by atoms with Crippen molar-refractivity contribution in [1.82, 2.24) is 9.71 Å². The minimum absolute atomic E-state index is 0.159. The number of nitrogens with one attached hydrogen (secondary N) is 1. The first-order chi connectivity index (χ1) is 8.96. The van der Waals surface area contributed by atoms with E-state index in [0.29, 0.717) is 0 Å². The molecule has 0 aliphatic rings. The van der Waals surface area contributed by atoms with E-state index in [0.717, 1.165) is 0 Å². The van der Waals surface area contributed by atoms with Crippen molar-refractivity contribution in [2.45, 2.75) is 24.2 Å². The molecule has 0 bridgehead atoms. The van der Waals surface area contributed by atoms with E-state index in [1.165, 1.54) is 32.5 Å². The Morgan fingerprint density at radius 3 is 2.58 bits per heavy atom. The molecule has 0 radical (unpaired) electrons. The fourth-order valence-corrected chi connectivity index (χ4v) is 2.90. The average molecular weight is 285 g/mol. The molecule has 1 heterocycles. The first kappa shape index (κ1) is 15.5. The maximum absolute atomic E-state index is 12.1. The van der Waals surface area contributed by atoms with Crippen LogP contribution in [0, 0.1) is 11.3 Å². The van der Waals surface area contributed by atoms with Crippen LogP contribution in [-0.4, -0.2) is 40.0 Å². The van der Waals surface area contributed by atoms with Crippen LogP contribution in [0.1, 0.15) is 12.6 Å². The Morgan fingerprint density at radius 1 is 1.42 bits per heavy atom. The Labute approximate surface area is 112 Å². The van der Waals surface area contributed by atoms with Crippen molar-refractivity contribution in [3.63, 3.8) is 0 Å². The Kier molecular flexibility index (Phi) is 5.38. The van der Waals surface area contributed by atoms with Crippen LogP contribution < -0.4 is 4.72 Å². The van der Waals surface area contributed by atoms with Gasteiger partial charge < -0.3 is 9.47 Å². The van der Waals surface area contributed by atoms with Gasteiger partial charge in [0.2, 0.25) is 10.0 Å².